The zero-order valence-electron chi connectivity index (χ0n) is 16.8. The van der Waals surface area contributed by atoms with Crippen LogP contribution in [0.4, 0.5) is 21.7 Å². The smallest absolute Gasteiger partial charge is 0.252 e. The molecule has 1 aliphatic carbocycles. The maximum atomic E-state index is 14.7. The maximum absolute atomic E-state index is 14.7. The molecule has 0 amide bonds. The minimum atomic E-state index is -0.273. The van der Waals surface area contributed by atoms with E-state index in [9.17, 15) is 9.18 Å². The van der Waals surface area contributed by atoms with Crippen LogP contribution in [0.2, 0.25) is 0 Å². The first-order valence-electron chi connectivity index (χ1n) is 10.6. The van der Waals surface area contributed by atoms with E-state index >= 15 is 0 Å². The van der Waals surface area contributed by atoms with Gasteiger partial charge < -0.3 is 15.5 Å². The molecule has 2 fully saturated rings. The van der Waals surface area contributed by atoms with Crippen molar-refractivity contribution in [2.24, 2.45) is 0 Å². The molecule has 3 aromatic rings. The third-order valence-corrected chi connectivity index (χ3v) is 6.02. The monoisotopic (exact) mass is 408 g/mol. The summed E-state index contributed by atoms with van der Waals surface area (Å²) in [5.41, 5.74) is 1.78. The van der Waals surface area contributed by atoms with E-state index < -0.39 is 0 Å². The summed E-state index contributed by atoms with van der Waals surface area (Å²) in [4.78, 5) is 23.6. The van der Waals surface area contributed by atoms with Crippen LogP contribution in [0.25, 0.3) is 11.0 Å². The Morgan fingerprint density at radius 1 is 1.10 bits per heavy atom. The fourth-order valence-electron chi connectivity index (χ4n) is 4.49. The Balaban J connectivity index is 1.44. The second kappa shape index (κ2) is 8.02. The molecule has 1 aromatic carbocycles. The standard InChI is InChI=1S/C22H25FN6O/c23-18-13-16(6-7-19(18)28-11-9-24-10-12-28)26-22-25-14-15-5-8-20(30)29(21(15)27-22)17-3-1-2-4-17/h5-8,13-14,17,24H,1-4,9-12H2,(H,25,26,27). The lowest BCUT2D eigenvalue weighted by molar-refractivity contribution is 0.516. The van der Waals surface area contributed by atoms with Crippen molar-refractivity contribution in [2.75, 3.05) is 36.4 Å². The molecule has 7 nitrogen and oxygen atoms in total. The van der Waals surface area contributed by atoms with Gasteiger partial charge in [-0.15, -0.1) is 0 Å². The Kier molecular flexibility index (Phi) is 5.08. The Labute approximate surface area is 173 Å². The Morgan fingerprint density at radius 3 is 2.67 bits per heavy atom. The average Bonchev–Trinajstić information content (AvgIpc) is 3.29. The number of nitrogens with one attached hydrogen (secondary N) is 2. The summed E-state index contributed by atoms with van der Waals surface area (Å²) < 4.78 is 16.5. The SMILES string of the molecule is O=c1ccc2cnc(Nc3ccc(N4CCNCC4)c(F)c3)nc2n1C1CCCC1. The van der Waals surface area contributed by atoms with Gasteiger partial charge in [0.05, 0.1) is 5.69 Å². The third kappa shape index (κ3) is 3.63. The van der Waals surface area contributed by atoms with Gasteiger partial charge in [-0.1, -0.05) is 12.8 Å². The largest absolute Gasteiger partial charge is 0.367 e. The van der Waals surface area contributed by atoms with Crippen LogP contribution in [0.1, 0.15) is 31.7 Å². The predicted octanol–water partition coefficient (Wildman–Crippen LogP) is 3.20. The minimum absolute atomic E-state index is 0.0366. The lowest BCUT2D eigenvalue weighted by Crippen LogP contribution is -2.43. The maximum Gasteiger partial charge on any atom is 0.252 e. The van der Waals surface area contributed by atoms with Crippen molar-refractivity contribution in [1.82, 2.24) is 19.9 Å². The van der Waals surface area contributed by atoms with Gasteiger partial charge in [0.2, 0.25) is 5.95 Å². The number of nitrogens with zero attached hydrogens (tertiary/aromatic N) is 4. The summed E-state index contributed by atoms with van der Waals surface area (Å²) in [7, 11) is 0. The fourth-order valence-corrected chi connectivity index (χ4v) is 4.49. The summed E-state index contributed by atoms with van der Waals surface area (Å²) in [6.45, 7) is 3.28. The van der Waals surface area contributed by atoms with Crippen LogP contribution in [0.3, 0.4) is 0 Å². The molecular weight excluding hydrogens is 383 g/mol. The molecule has 0 atom stereocenters. The summed E-state index contributed by atoms with van der Waals surface area (Å²) in [5.74, 6) is 0.0831. The lowest BCUT2D eigenvalue weighted by atomic mass is 10.2. The highest BCUT2D eigenvalue weighted by Gasteiger charge is 2.21. The first kappa shape index (κ1) is 19.0. The third-order valence-electron chi connectivity index (χ3n) is 6.02. The van der Waals surface area contributed by atoms with E-state index in [2.05, 4.69) is 20.6 Å². The zero-order chi connectivity index (χ0) is 20.5. The van der Waals surface area contributed by atoms with Gasteiger partial charge in [-0.3, -0.25) is 9.36 Å². The van der Waals surface area contributed by atoms with E-state index in [0.29, 0.717) is 23.0 Å². The van der Waals surface area contributed by atoms with Gasteiger partial charge in [0.25, 0.3) is 5.56 Å². The predicted molar refractivity (Wildman–Crippen MR) is 116 cm³/mol. The van der Waals surface area contributed by atoms with E-state index in [1.807, 2.05) is 11.0 Å². The number of pyridine rings is 1. The highest BCUT2D eigenvalue weighted by molar-refractivity contribution is 5.76. The summed E-state index contributed by atoms with van der Waals surface area (Å²) in [6.07, 6.45) is 5.95. The van der Waals surface area contributed by atoms with E-state index in [1.165, 1.54) is 6.07 Å². The van der Waals surface area contributed by atoms with Crippen molar-refractivity contribution in [1.29, 1.82) is 0 Å². The van der Waals surface area contributed by atoms with Crippen LogP contribution < -0.4 is 21.1 Å². The molecular formula is C22H25FN6O. The number of rotatable bonds is 4. The van der Waals surface area contributed by atoms with Crippen LogP contribution in [0.15, 0.2) is 41.3 Å². The molecule has 5 rings (SSSR count). The molecule has 1 saturated heterocycles. The summed E-state index contributed by atoms with van der Waals surface area (Å²) >= 11 is 0. The number of hydrogen-bond acceptors (Lipinski definition) is 6. The molecule has 0 radical (unpaired) electrons. The lowest BCUT2D eigenvalue weighted by Gasteiger charge is -2.29. The van der Waals surface area contributed by atoms with Gasteiger partial charge >= 0.3 is 0 Å². The fraction of sp³-hybridized carbons (Fsp3) is 0.409. The number of hydrogen-bond donors (Lipinski definition) is 2. The minimum Gasteiger partial charge on any atom is -0.367 e. The Bertz CT molecular complexity index is 1120. The van der Waals surface area contributed by atoms with Gasteiger partial charge in [0, 0.05) is 55.6 Å². The van der Waals surface area contributed by atoms with Crippen molar-refractivity contribution in [3.63, 3.8) is 0 Å². The molecule has 0 spiro atoms. The number of aromatic nitrogens is 3. The number of piperazine rings is 1. The van der Waals surface area contributed by atoms with Crippen molar-refractivity contribution >= 4 is 28.4 Å². The molecule has 1 aliphatic heterocycles. The molecule has 156 valence electrons. The molecule has 8 heteroatoms. The number of benzene rings is 1. The van der Waals surface area contributed by atoms with Gasteiger partial charge in [-0.25, -0.2) is 9.37 Å². The van der Waals surface area contributed by atoms with Gasteiger partial charge in [0.15, 0.2) is 0 Å². The normalized spacial score (nSPS) is 17.6. The Hall–Kier alpha value is -3.00. The van der Waals surface area contributed by atoms with Crippen LogP contribution in [-0.2, 0) is 0 Å². The van der Waals surface area contributed by atoms with Gasteiger partial charge in [-0.2, -0.15) is 4.98 Å². The van der Waals surface area contributed by atoms with E-state index in [-0.39, 0.29) is 17.4 Å². The molecule has 3 heterocycles. The van der Waals surface area contributed by atoms with Crippen LogP contribution in [0, 0.1) is 5.82 Å². The second-order valence-electron chi connectivity index (χ2n) is 7.98. The van der Waals surface area contributed by atoms with E-state index in [1.54, 1.807) is 29.0 Å². The second-order valence-corrected chi connectivity index (χ2v) is 7.98. The van der Waals surface area contributed by atoms with E-state index in [0.717, 1.165) is 57.2 Å². The van der Waals surface area contributed by atoms with Crippen molar-refractivity contribution in [3.05, 3.63) is 52.7 Å². The quantitative estimate of drug-likeness (QED) is 0.691. The zero-order valence-corrected chi connectivity index (χ0v) is 16.8. The number of anilines is 3. The van der Waals surface area contributed by atoms with E-state index in [4.69, 9.17) is 0 Å². The van der Waals surface area contributed by atoms with Crippen LogP contribution in [0.5, 0.6) is 0 Å². The summed E-state index contributed by atoms with van der Waals surface area (Å²) in [6, 6.07) is 8.62. The van der Waals surface area contributed by atoms with Crippen LogP contribution >= 0.6 is 0 Å². The molecule has 30 heavy (non-hydrogen) atoms. The highest BCUT2D eigenvalue weighted by Crippen LogP contribution is 2.30. The van der Waals surface area contributed by atoms with Crippen molar-refractivity contribution in [2.45, 2.75) is 31.7 Å². The topological polar surface area (TPSA) is 75.1 Å². The molecule has 2 aromatic heterocycles. The highest BCUT2D eigenvalue weighted by atomic mass is 19.1. The molecule has 2 N–H and O–H groups in total. The first-order chi connectivity index (χ1) is 14.7. The first-order valence-corrected chi connectivity index (χ1v) is 10.6. The molecule has 1 saturated carbocycles. The molecule has 0 bridgehead atoms. The number of halogens is 1. The molecule has 2 aliphatic rings. The van der Waals surface area contributed by atoms with Crippen molar-refractivity contribution < 1.29 is 4.39 Å². The molecule has 0 unspecified atom stereocenters. The summed E-state index contributed by atoms with van der Waals surface area (Å²) in [5, 5.41) is 7.20. The van der Waals surface area contributed by atoms with Crippen LogP contribution in [-0.4, -0.2) is 40.7 Å². The van der Waals surface area contributed by atoms with Gasteiger partial charge in [0.1, 0.15) is 11.5 Å². The van der Waals surface area contributed by atoms with Gasteiger partial charge in [-0.05, 0) is 37.1 Å². The average molecular weight is 408 g/mol. The number of fused-ring (bicyclic) bond motifs is 1. The van der Waals surface area contributed by atoms with Crippen molar-refractivity contribution in [3.8, 4) is 0 Å². The Morgan fingerprint density at radius 2 is 1.90 bits per heavy atom.